The fourth-order valence-corrected chi connectivity index (χ4v) is 1.07. The lowest BCUT2D eigenvalue weighted by Crippen LogP contribution is -2.37. The zero-order valence-corrected chi connectivity index (χ0v) is 7.50. The van der Waals surface area contributed by atoms with Gasteiger partial charge >= 0.3 is 6.18 Å². The van der Waals surface area contributed by atoms with Crippen LogP contribution >= 0.6 is 0 Å². The summed E-state index contributed by atoms with van der Waals surface area (Å²) in [7, 11) is -3.57. The highest BCUT2D eigenvalue weighted by molar-refractivity contribution is 7.91. The van der Waals surface area contributed by atoms with Crippen molar-refractivity contribution in [1.82, 2.24) is 5.32 Å². The summed E-state index contributed by atoms with van der Waals surface area (Å²) < 4.78 is 55.3. The molecule has 0 aromatic heterocycles. The van der Waals surface area contributed by atoms with Crippen molar-refractivity contribution in [1.29, 1.82) is 0 Å². The normalized spacial score (nSPS) is 12.6. The van der Waals surface area contributed by atoms with Crippen LogP contribution < -0.4 is 5.32 Å². The van der Waals surface area contributed by atoms with Gasteiger partial charge in [-0.3, -0.25) is 4.79 Å². The third-order valence-corrected chi connectivity index (χ3v) is 1.67. The number of hydrogen-bond donors (Lipinski definition) is 1. The highest BCUT2D eigenvalue weighted by Crippen LogP contribution is 2.11. The predicted molar refractivity (Wildman–Crippen MR) is 38.8 cm³/mol. The monoisotopic (exact) mass is 219 g/mol. The number of rotatable bonds is 3. The first-order chi connectivity index (χ1) is 5.60. The van der Waals surface area contributed by atoms with Gasteiger partial charge in [0.2, 0.25) is 5.91 Å². The van der Waals surface area contributed by atoms with E-state index in [9.17, 15) is 26.4 Å². The lowest BCUT2D eigenvalue weighted by Gasteiger charge is -2.07. The molecule has 13 heavy (non-hydrogen) atoms. The Bertz CT molecular complexity index is 282. The van der Waals surface area contributed by atoms with Crippen LogP contribution in [-0.4, -0.2) is 39.1 Å². The van der Waals surface area contributed by atoms with E-state index >= 15 is 0 Å². The highest BCUT2D eigenvalue weighted by atomic mass is 32.2. The Labute approximate surface area is 73.0 Å². The maximum atomic E-state index is 11.5. The van der Waals surface area contributed by atoms with Crippen molar-refractivity contribution in [2.75, 3.05) is 18.6 Å². The maximum Gasteiger partial charge on any atom is 0.405 e. The summed E-state index contributed by atoms with van der Waals surface area (Å²) >= 11 is 0. The molecule has 0 saturated carbocycles. The molecule has 0 heterocycles. The third-order valence-electron chi connectivity index (χ3n) is 0.879. The van der Waals surface area contributed by atoms with Crippen LogP contribution in [0.15, 0.2) is 0 Å². The molecule has 0 rings (SSSR count). The molecule has 0 spiro atoms. The van der Waals surface area contributed by atoms with Crippen molar-refractivity contribution in [3.63, 3.8) is 0 Å². The van der Waals surface area contributed by atoms with Crippen molar-refractivity contribution in [2.45, 2.75) is 6.18 Å². The Morgan fingerprint density at radius 1 is 1.38 bits per heavy atom. The molecule has 0 aromatic carbocycles. The molecule has 8 heteroatoms. The highest BCUT2D eigenvalue weighted by Gasteiger charge is 2.28. The largest absolute Gasteiger partial charge is 0.405 e. The lowest BCUT2D eigenvalue weighted by molar-refractivity contribution is -0.137. The summed E-state index contributed by atoms with van der Waals surface area (Å²) in [4.78, 5) is 10.5. The van der Waals surface area contributed by atoms with Gasteiger partial charge in [0.05, 0.1) is 0 Å². The van der Waals surface area contributed by atoms with Crippen LogP contribution in [-0.2, 0) is 14.6 Å². The van der Waals surface area contributed by atoms with E-state index in [2.05, 4.69) is 0 Å². The summed E-state index contributed by atoms with van der Waals surface area (Å²) in [5, 5.41) is 1.44. The Morgan fingerprint density at radius 3 is 2.15 bits per heavy atom. The minimum atomic E-state index is -4.52. The average molecular weight is 219 g/mol. The van der Waals surface area contributed by atoms with Crippen LogP contribution in [0.2, 0.25) is 0 Å². The van der Waals surface area contributed by atoms with Gasteiger partial charge in [-0.1, -0.05) is 0 Å². The number of carbonyl (C=O) groups is 1. The molecule has 1 amide bonds. The van der Waals surface area contributed by atoms with E-state index in [0.29, 0.717) is 0 Å². The van der Waals surface area contributed by atoms with Crippen molar-refractivity contribution < 1.29 is 26.4 Å². The van der Waals surface area contributed by atoms with Gasteiger partial charge in [0.1, 0.15) is 12.3 Å². The van der Waals surface area contributed by atoms with Crippen LogP contribution in [0, 0.1) is 0 Å². The molecular weight excluding hydrogens is 211 g/mol. The quantitative estimate of drug-likeness (QED) is 0.709. The van der Waals surface area contributed by atoms with Crippen LogP contribution in [0.5, 0.6) is 0 Å². The van der Waals surface area contributed by atoms with Crippen LogP contribution in [0.1, 0.15) is 0 Å². The second-order valence-electron chi connectivity index (χ2n) is 2.46. The molecule has 4 nitrogen and oxygen atoms in total. The van der Waals surface area contributed by atoms with Crippen LogP contribution in [0.3, 0.4) is 0 Å². The summed E-state index contributed by atoms with van der Waals surface area (Å²) in [5.74, 6) is -2.08. The van der Waals surface area contributed by atoms with Gasteiger partial charge in [0, 0.05) is 6.26 Å². The fourth-order valence-electron chi connectivity index (χ4n) is 0.488. The van der Waals surface area contributed by atoms with E-state index in [1.807, 2.05) is 0 Å². The van der Waals surface area contributed by atoms with Crippen molar-refractivity contribution in [2.24, 2.45) is 0 Å². The Morgan fingerprint density at radius 2 is 1.85 bits per heavy atom. The molecule has 78 valence electrons. The molecule has 0 aromatic rings. The molecule has 0 aliphatic carbocycles. The van der Waals surface area contributed by atoms with Gasteiger partial charge in [0.25, 0.3) is 0 Å². The third kappa shape index (κ3) is 9.12. The zero-order valence-electron chi connectivity index (χ0n) is 6.68. The molecule has 0 fully saturated rings. The summed E-state index contributed by atoms with van der Waals surface area (Å²) in [6.07, 6.45) is -3.76. The van der Waals surface area contributed by atoms with E-state index in [-0.39, 0.29) is 0 Å². The minimum absolute atomic E-state index is 0.764. The number of hydrogen-bond acceptors (Lipinski definition) is 3. The Hall–Kier alpha value is -0.790. The number of nitrogens with one attached hydrogen (secondary N) is 1. The van der Waals surface area contributed by atoms with Crippen molar-refractivity contribution >= 4 is 15.7 Å². The van der Waals surface area contributed by atoms with E-state index in [1.54, 1.807) is 0 Å². The molecule has 0 aliphatic heterocycles. The number of amides is 1. The molecule has 1 N–H and O–H groups in total. The maximum absolute atomic E-state index is 11.5. The second-order valence-corrected chi connectivity index (χ2v) is 4.60. The molecule has 0 saturated heterocycles. The van der Waals surface area contributed by atoms with E-state index < -0.39 is 34.2 Å². The van der Waals surface area contributed by atoms with Crippen molar-refractivity contribution in [3.8, 4) is 0 Å². The molecular formula is C5H8F3NO3S. The Balaban J connectivity index is 3.92. The van der Waals surface area contributed by atoms with Crippen LogP contribution in [0.25, 0.3) is 0 Å². The van der Waals surface area contributed by atoms with Gasteiger partial charge in [-0.25, -0.2) is 8.42 Å². The lowest BCUT2D eigenvalue weighted by atomic mass is 10.6. The average Bonchev–Trinajstić information content (AvgIpc) is 1.78. The van der Waals surface area contributed by atoms with Gasteiger partial charge in [-0.2, -0.15) is 13.2 Å². The topological polar surface area (TPSA) is 63.2 Å². The van der Waals surface area contributed by atoms with Gasteiger partial charge in [0.15, 0.2) is 9.84 Å². The molecule has 0 atom stereocenters. The second kappa shape index (κ2) is 3.95. The first-order valence-electron chi connectivity index (χ1n) is 3.11. The standard InChI is InChI=1S/C5H8F3NO3S/c1-13(11,12)2-4(10)9-3-5(6,7)8/h2-3H2,1H3,(H,9,10). The summed E-state index contributed by atoms with van der Waals surface area (Å²) in [6.45, 7) is -1.51. The van der Waals surface area contributed by atoms with Crippen LogP contribution in [0.4, 0.5) is 13.2 Å². The van der Waals surface area contributed by atoms with Gasteiger partial charge in [-0.05, 0) is 0 Å². The van der Waals surface area contributed by atoms with E-state index in [1.165, 1.54) is 5.32 Å². The minimum Gasteiger partial charge on any atom is -0.346 e. The predicted octanol–water partition coefficient (Wildman–Crippen LogP) is -0.290. The Kier molecular flexibility index (Phi) is 3.71. The van der Waals surface area contributed by atoms with Gasteiger partial charge in [-0.15, -0.1) is 0 Å². The fraction of sp³-hybridized carbons (Fsp3) is 0.800. The molecule has 0 bridgehead atoms. The van der Waals surface area contributed by atoms with Crippen molar-refractivity contribution in [3.05, 3.63) is 0 Å². The number of halogens is 3. The van der Waals surface area contributed by atoms with E-state index in [4.69, 9.17) is 0 Å². The molecule has 0 radical (unpaired) electrons. The zero-order chi connectivity index (χ0) is 10.7. The van der Waals surface area contributed by atoms with E-state index in [0.717, 1.165) is 6.26 Å². The SMILES string of the molecule is CS(=O)(=O)CC(=O)NCC(F)(F)F. The number of sulfone groups is 1. The summed E-state index contributed by atoms with van der Waals surface area (Å²) in [5.41, 5.74) is 0. The van der Waals surface area contributed by atoms with Gasteiger partial charge < -0.3 is 5.32 Å². The first kappa shape index (κ1) is 12.2. The number of carbonyl (C=O) groups excluding carboxylic acids is 1. The molecule has 0 aliphatic rings. The summed E-state index contributed by atoms with van der Waals surface area (Å²) in [6, 6.07) is 0. The molecule has 0 unspecified atom stereocenters. The number of alkyl halides is 3. The first-order valence-corrected chi connectivity index (χ1v) is 5.17. The smallest absolute Gasteiger partial charge is 0.346 e.